The average molecular weight is 343 g/mol. The molecule has 1 heterocycles. The van der Waals surface area contributed by atoms with Gasteiger partial charge in [-0.05, 0) is 17.7 Å². The lowest BCUT2D eigenvalue weighted by atomic mass is 9.89. The summed E-state index contributed by atoms with van der Waals surface area (Å²) in [4.78, 5) is 19.4. The molecular formula is C18H12F3N3O. The summed E-state index contributed by atoms with van der Waals surface area (Å²) in [5.74, 6) is -0.932. The molecule has 0 aliphatic heterocycles. The zero-order valence-electron chi connectivity index (χ0n) is 12.8. The molecule has 0 atom stereocenters. The largest absolute Gasteiger partial charge is 0.417 e. The normalized spacial score (nSPS) is 11.3. The van der Waals surface area contributed by atoms with Crippen molar-refractivity contribution in [3.63, 3.8) is 0 Å². The maximum absolute atomic E-state index is 13.9. The minimum Gasteiger partial charge on any atom is -0.366 e. The minimum absolute atomic E-state index is 0.107. The van der Waals surface area contributed by atoms with Crippen LogP contribution in [0.25, 0.3) is 22.4 Å². The Morgan fingerprint density at radius 1 is 1.00 bits per heavy atom. The second-order valence-corrected chi connectivity index (χ2v) is 5.23. The van der Waals surface area contributed by atoms with E-state index in [1.165, 1.54) is 42.9 Å². The monoisotopic (exact) mass is 343 g/mol. The molecule has 0 saturated carbocycles. The van der Waals surface area contributed by atoms with E-state index in [9.17, 15) is 18.0 Å². The van der Waals surface area contributed by atoms with Crippen LogP contribution in [0.1, 0.15) is 15.9 Å². The van der Waals surface area contributed by atoms with Crippen LogP contribution in [0.2, 0.25) is 0 Å². The summed E-state index contributed by atoms with van der Waals surface area (Å²) in [7, 11) is 0. The third-order valence-corrected chi connectivity index (χ3v) is 3.67. The SMILES string of the molecule is NC(=O)c1ccc(-c2ccncn2)c(C(F)(F)F)c1-c1ccccc1. The number of alkyl halides is 3. The van der Waals surface area contributed by atoms with Crippen LogP contribution >= 0.6 is 0 Å². The number of benzene rings is 2. The molecule has 2 aromatic carbocycles. The number of nitrogens with two attached hydrogens (primary N) is 1. The molecule has 1 amide bonds. The van der Waals surface area contributed by atoms with E-state index in [0.717, 1.165) is 0 Å². The van der Waals surface area contributed by atoms with Gasteiger partial charge in [-0.2, -0.15) is 13.2 Å². The summed E-state index contributed by atoms with van der Waals surface area (Å²) in [6.45, 7) is 0. The van der Waals surface area contributed by atoms with E-state index in [1.54, 1.807) is 18.2 Å². The van der Waals surface area contributed by atoms with Crippen LogP contribution in [0.4, 0.5) is 13.2 Å². The van der Waals surface area contributed by atoms with Crippen LogP contribution in [0.15, 0.2) is 61.1 Å². The number of amides is 1. The number of rotatable bonds is 3. The standard InChI is InChI=1S/C18H12F3N3O/c19-18(20,21)16-12(14-8-9-23-10-24-14)6-7-13(17(22)25)15(16)11-4-2-1-3-5-11/h1-10H,(H2,22,25). The predicted octanol–water partition coefficient (Wildman–Crippen LogP) is 3.93. The highest BCUT2D eigenvalue weighted by molar-refractivity contribution is 6.02. The Labute approximate surface area is 141 Å². The number of hydrogen-bond acceptors (Lipinski definition) is 3. The van der Waals surface area contributed by atoms with Gasteiger partial charge in [0.15, 0.2) is 0 Å². The molecule has 25 heavy (non-hydrogen) atoms. The van der Waals surface area contributed by atoms with E-state index < -0.39 is 17.6 Å². The molecule has 7 heteroatoms. The molecule has 0 bridgehead atoms. The summed E-state index contributed by atoms with van der Waals surface area (Å²) in [6.07, 6.45) is -2.19. The topological polar surface area (TPSA) is 68.9 Å². The number of aromatic nitrogens is 2. The fraction of sp³-hybridized carbons (Fsp3) is 0.0556. The van der Waals surface area contributed by atoms with Crippen LogP contribution in [-0.4, -0.2) is 15.9 Å². The van der Waals surface area contributed by atoms with E-state index >= 15 is 0 Å². The lowest BCUT2D eigenvalue weighted by Crippen LogP contribution is -2.17. The number of carbonyl (C=O) groups is 1. The lowest BCUT2D eigenvalue weighted by Gasteiger charge is -2.20. The van der Waals surface area contributed by atoms with E-state index in [-0.39, 0.29) is 27.9 Å². The second-order valence-electron chi connectivity index (χ2n) is 5.23. The van der Waals surface area contributed by atoms with E-state index in [2.05, 4.69) is 9.97 Å². The smallest absolute Gasteiger partial charge is 0.366 e. The van der Waals surface area contributed by atoms with Gasteiger partial charge in [-0.15, -0.1) is 0 Å². The summed E-state index contributed by atoms with van der Waals surface area (Å²) in [5.41, 5.74) is 4.14. The number of carbonyl (C=O) groups excluding carboxylic acids is 1. The average Bonchev–Trinajstić information content (AvgIpc) is 2.61. The second kappa shape index (κ2) is 6.35. The zero-order chi connectivity index (χ0) is 18.0. The van der Waals surface area contributed by atoms with Gasteiger partial charge in [0.1, 0.15) is 6.33 Å². The van der Waals surface area contributed by atoms with Crippen molar-refractivity contribution in [1.29, 1.82) is 0 Å². The van der Waals surface area contributed by atoms with Crippen molar-refractivity contribution < 1.29 is 18.0 Å². The molecule has 3 aromatic rings. The maximum Gasteiger partial charge on any atom is 0.417 e. The van der Waals surface area contributed by atoms with Crippen LogP contribution < -0.4 is 5.73 Å². The Bertz CT molecular complexity index is 910. The van der Waals surface area contributed by atoms with Gasteiger partial charge in [0.25, 0.3) is 0 Å². The van der Waals surface area contributed by atoms with E-state index in [0.29, 0.717) is 0 Å². The molecule has 2 N–H and O–H groups in total. The predicted molar refractivity (Wildman–Crippen MR) is 86.4 cm³/mol. The third-order valence-electron chi connectivity index (χ3n) is 3.67. The molecule has 0 aliphatic rings. The van der Waals surface area contributed by atoms with Gasteiger partial charge in [-0.1, -0.05) is 36.4 Å². The van der Waals surface area contributed by atoms with Gasteiger partial charge in [-0.25, -0.2) is 9.97 Å². The van der Waals surface area contributed by atoms with Crippen molar-refractivity contribution in [2.24, 2.45) is 5.73 Å². The van der Waals surface area contributed by atoms with Crippen LogP contribution in [0.5, 0.6) is 0 Å². The van der Waals surface area contributed by atoms with Crippen LogP contribution in [0, 0.1) is 0 Å². The van der Waals surface area contributed by atoms with Crippen molar-refractivity contribution in [3.05, 3.63) is 72.2 Å². The van der Waals surface area contributed by atoms with Crippen molar-refractivity contribution >= 4 is 5.91 Å². The first-order chi connectivity index (χ1) is 11.9. The number of primary amides is 1. The van der Waals surface area contributed by atoms with Crippen molar-refractivity contribution in [2.45, 2.75) is 6.18 Å². The summed E-state index contributed by atoms with van der Waals surface area (Å²) < 4.78 is 41.8. The quantitative estimate of drug-likeness (QED) is 0.783. The van der Waals surface area contributed by atoms with Gasteiger partial charge >= 0.3 is 6.18 Å². The van der Waals surface area contributed by atoms with Crippen LogP contribution in [-0.2, 0) is 6.18 Å². The summed E-state index contributed by atoms with van der Waals surface area (Å²) in [6, 6.07) is 11.7. The first kappa shape index (κ1) is 16.6. The first-order valence-electron chi connectivity index (χ1n) is 7.25. The Hall–Kier alpha value is -3.22. The van der Waals surface area contributed by atoms with Crippen molar-refractivity contribution in [2.75, 3.05) is 0 Å². The Morgan fingerprint density at radius 2 is 1.72 bits per heavy atom. The number of nitrogens with zero attached hydrogens (tertiary/aromatic N) is 2. The molecule has 0 radical (unpaired) electrons. The highest BCUT2D eigenvalue weighted by atomic mass is 19.4. The van der Waals surface area contributed by atoms with Gasteiger partial charge in [0.05, 0.1) is 11.3 Å². The molecule has 0 unspecified atom stereocenters. The van der Waals surface area contributed by atoms with Crippen molar-refractivity contribution in [1.82, 2.24) is 9.97 Å². The minimum atomic E-state index is -4.71. The molecule has 0 fully saturated rings. The Kier molecular flexibility index (Phi) is 4.22. The van der Waals surface area contributed by atoms with Gasteiger partial charge in [0.2, 0.25) is 5.91 Å². The molecule has 1 aromatic heterocycles. The van der Waals surface area contributed by atoms with Crippen LogP contribution in [0.3, 0.4) is 0 Å². The molecule has 0 aliphatic carbocycles. The lowest BCUT2D eigenvalue weighted by molar-refractivity contribution is -0.136. The molecule has 3 rings (SSSR count). The molecule has 126 valence electrons. The Morgan fingerprint density at radius 3 is 2.28 bits per heavy atom. The zero-order valence-corrected chi connectivity index (χ0v) is 12.8. The van der Waals surface area contributed by atoms with E-state index in [4.69, 9.17) is 5.73 Å². The summed E-state index contributed by atoms with van der Waals surface area (Å²) >= 11 is 0. The summed E-state index contributed by atoms with van der Waals surface area (Å²) in [5, 5.41) is 0. The highest BCUT2D eigenvalue weighted by Gasteiger charge is 2.38. The number of hydrogen-bond donors (Lipinski definition) is 1. The van der Waals surface area contributed by atoms with Gasteiger partial charge in [-0.3, -0.25) is 4.79 Å². The van der Waals surface area contributed by atoms with Crippen molar-refractivity contribution in [3.8, 4) is 22.4 Å². The molecular weight excluding hydrogens is 331 g/mol. The number of halogens is 3. The maximum atomic E-state index is 13.9. The van der Waals surface area contributed by atoms with E-state index in [1.807, 2.05) is 0 Å². The third kappa shape index (κ3) is 3.21. The molecule has 4 nitrogen and oxygen atoms in total. The molecule has 0 saturated heterocycles. The van der Waals surface area contributed by atoms with Gasteiger partial charge in [0, 0.05) is 22.9 Å². The highest BCUT2D eigenvalue weighted by Crippen LogP contribution is 2.44. The Balaban J connectivity index is 2.43. The molecule has 0 spiro atoms. The fourth-order valence-electron chi connectivity index (χ4n) is 2.67. The first-order valence-corrected chi connectivity index (χ1v) is 7.25. The fourth-order valence-corrected chi connectivity index (χ4v) is 2.67. The van der Waals surface area contributed by atoms with Gasteiger partial charge < -0.3 is 5.73 Å².